The summed E-state index contributed by atoms with van der Waals surface area (Å²) in [6.45, 7) is 2.20. The summed E-state index contributed by atoms with van der Waals surface area (Å²) in [5, 5.41) is 2.33. The Bertz CT molecular complexity index is 578. The highest BCUT2D eigenvalue weighted by molar-refractivity contribution is 5.85. The summed E-state index contributed by atoms with van der Waals surface area (Å²) in [5.41, 5.74) is 7.52. The molecule has 19 heavy (non-hydrogen) atoms. The Morgan fingerprint density at radius 2 is 2.11 bits per heavy atom. The van der Waals surface area contributed by atoms with E-state index >= 15 is 0 Å². The maximum atomic E-state index is 10.9. The molecule has 0 aliphatic heterocycles. The van der Waals surface area contributed by atoms with E-state index in [0.717, 1.165) is 17.5 Å². The SMILES string of the molecule is CCCCc1ccc2ccnc(CCC(N)=O)c2c1. The van der Waals surface area contributed by atoms with Crippen molar-refractivity contribution in [3.63, 3.8) is 0 Å². The van der Waals surface area contributed by atoms with Crippen LogP contribution in [-0.2, 0) is 17.6 Å². The van der Waals surface area contributed by atoms with Gasteiger partial charge < -0.3 is 5.73 Å². The maximum Gasteiger partial charge on any atom is 0.217 e. The molecule has 0 atom stereocenters. The second-order valence-electron chi connectivity index (χ2n) is 4.88. The van der Waals surface area contributed by atoms with Crippen molar-refractivity contribution in [1.82, 2.24) is 4.98 Å². The fourth-order valence-electron chi connectivity index (χ4n) is 2.25. The topological polar surface area (TPSA) is 56.0 Å². The Labute approximate surface area is 113 Å². The first-order chi connectivity index (χ1) is 9.20. The summed E-state index contributed by atoms with van der Waals surface area (Å²) in [6, 6.07) is 8.52. The number of carbonyl (C=O) groups is 1. The molecule has 1 aromatic carbocycles. The number of rotatable bonds is 6. The maximum absolute atomic E-state index is 10.9. The molecule has 1 heterocycles. The van der Waals surface area contributed by atoms with Crippen LogP contribution in [0.2, 0.25) is 0 Å². The van der Waals surface area contributed by atoms with Crippen LogP contribution in [0.5, 0.6) is 0 Å². The number of pyridine rings is 1. The highest BCUT2D eigenvalue weighted by Gasteiger charge is 2.05. The van der Waals surface area contributed by atoms with Gasteiger partial charge in [0.05, 0.1) is 0 Å². The van der Waals surface area contributed by atoms with Crippen molar-refractivity contribution < 1.29 is 4.79 Å². The predicted octanol–water partition coefficient (Wildman–Crippen LogP) is 3.00. The second-order valence-corrected chi connectivity index (χ2v) is 4.88. The van der Waals surface area contributed by atoms with Crippen LogP contribution < -0.4 is 5.73 Å². The Morgan fingerprint density at radius 1 is 1.26 bits per heavy atom. The molecule has 3 heteroatoms. The van der Waals surface area contributed by atoms with Gasteiger partial charge in [-0.15, -0.1) is 0 Å². The first-order valence-corrected chi connectivity index (χ1v) is 6.85. The van der Waals surface area contributed by atoms with Crippen LogP contribution in [0.25, 0.3) is 10.8 Å². The predicted molar refractivity (Wildman–Crippen MR) is 77.9 cm³/mol. The molecule has 0 aliphatic carbocycles. The van der Waals surface area contributed by atoms with Gasteiger partial charge in [-0.05, 0) is 42.3 Å². The van der Waals surface area contributed by atoms with Gasteiger partial charge in [0.1, 0.15) is 0 Å². The van der Waals surface area contributed by atoms with Crippen molar-refractivity contribution in [3.8, 4) is 0 Å². The van der Waals surface area contributed by atoms with Crippen molar-refractivity contribution in [3.05, 3.63) is 41.7 Å². The number of fused-ring (bicyclic) bond motifs is 1. The van der Waals surface area contributed by atoms with Gasteiger partial charge in [-0.25, -0.2) is 0 Å². The van der Waals surface area contributed by atoms with Gasteiger partial charge in [0.25, 0.3) is 0 Å². The third kappa shape index (κ3) is 3.53. The van der Waals surface area contributed by atoms with E-state index in [0.29, 0.717) is 12.8 Å². The average Bonchev–Trinajstić information content (AvgIpc) is 2.42. The third-order valence-electron chi connectivity index (χ3n) is 3.34. The fraction of sp³-hybridized carbons (Fsp3) is 0.375. The minimum atomic E-state index is -0.277. The summed E-state index contributed by atoms with van der Waals surface area (Å²) in [4.78, 5) is 15.3. The molecule has 2 rings (SSSR count). The molecule has 0 saturated heterocycles. The zero-order valence-corrected chi connectivity index (χ0v) is 11.4. The van der Waals surface area contributed by atoms with Gasteiger partial charge in [-0.2, -0.15) is 0 Å². The number of primary amides is 1. The summed E-state index contributed by atoms with van der Waals surface area (Å²) in [6.07, 6.45) is 6.25. The van der Waals surface area contributed by atoms with Gasteiger partial charge in [-0.3, -0.25) is 9.78 Å². The standard InChI is InChI=1S/C16H20N2O/c1-2-3-4-12-5-6-13-9-10-18-15(14(13)11-12)7-8-16(17)19/h5-6,9-11H,2-4,7-8H2,1H3,(H2,17,19). The number of nitrogens with zero attached hydrogens (tertiary/aromatic N) is 1. The van der Waals surface area contributed by atoms with Crippen LogP contribution in [0, 0.1) is 0 Å². The van der Waals surface area contributed by atoms with Crippen LogP contribution in [0.4, 0.5) is 0 Å². The van der Waals surface area contributed by atoms with Crippen molar-refractivity contribution >= 4 is 16.7 Å². The van der Waals surface area contributed by atoms with E-state index < -0.39 is 0 Å². The molecule has 100 valence electrons. The number of unbranched alkanes of at least 4 members (excludes halogenated alkanes) is 1. The molecule has 0 radical (unpaired) electrons. The minimum Gasteiger partial charge on any atom is -0.370 e. The first-order valence-electron chi connectivity index (χ1n) is 6.85. The van der Waals surface area contributed by atoms with E-state index in [2.05, 4.69) is 30.1 Å². The van der Waals surface area contributed by atoms with Crippen LogP contribution in [0.3, 0.4) is 0 Å². The number of aryl methyl sites for hydroxylation is 2. The Morgan fingerprint density at radius 3 is 2.84 bits per heavy atom. The number of aromatic nitrogens is 1. The van der Waals surface area contributed by atoms with Crippen LogP contribution in [0.1, 0.15) is 37.4 Å². The van der Waals surface area contributed by atoms with Crippen molar-refractivity contribution in [1.29, 1.82) is 0 Å². The molecular weight excluding hydrogens is 236 g/mol. The lowest BCUT2D eigenvalue weighted by molar-refractivity contribution is -0.118. The van der Waals surface area contributed by atoms with E-state index in [-0.39, 0.29) is 5.91 Å². The molecule has 0 bridgehead atoms. The molecule has 0 aliphatic rings. The average molecular weight is 256 g/mol. The second kappa shape index (κ2) is 6.32. The van der Waals surface area contributed by atoms with E-state index in [4.69, 9.17) is 5.73 Å². The molecule has 0 unspecified atom stereocenters. The molecule has 1 aromatic heterocycles. The van der Waals surface area contributed by atoms with Gasteiger partial charge >= 0.3 is 0 Å². The molecule has 2 aromatic rings. The van der Waals surface area contributed by atoms with Gasteiger partial charge in [0.2, 0.25) is 5.91 Å². The molecule has 0 saturated carbocycles. The van der Waals surface area contributed by atoms with Crippen molar-refractivity contribution in [2.45, 2.75) is 39.0 Å². The van der Waals surface area contributed by atoms with Gasteiger partial charge in [0.15, 0.2) is 0 Å². The Balaban J connectivity index is 2.31. The number of benzene rings is 1. The smallest absolute Gasteiger partial charge is 0.217 e. The normalized spacial score (nSPS) is 10.8. The quantitative estimate of drug-likeness (QED) is 0.863. The lowest BCUT2D eigenvalue weighted by atomic mass is 10.0. The number of hydrogen-bond acceptors (Lipinski definition) is 2. The monoisotopic (exact) mass is 256 g/mol. The van der Waals surface area contributed by atoms with Crippen LogP contribution in [0.15, 0.2) is 30.5 Å². The molecule has 1 amide bonds. The largest absolute Gasteiger partial charge is 0.370 e. The number of hydrogen-bond donors (Lipinski definition) is 1. The lowest BCUT2D eigenvalue weighted by Gasteiger charge is -2.07. The van der Waals surface area contributed by atoms with Gasteiger partial charge in [0, 0.05) is 23.7 Å². The molecule has 2 N–H and O–H groups in total. The van der Waals surface area contributed by atoms with Crippen LogP contribution >= 0.6 is 0 Å². The minimum absolute atomic E-state index is 0.277. The molecular formula is C16H20N2O. The van der Waals surface area contributed by atoms with E-state index in [1.807, 2.05) is 6.07 Å². The zero-order chi connectivity index (χ0) is 13.7. The van der Waals surface area contributed by atoms with Crippen LogP contribution in [-0.4, -0.2) is 10.9 Å². The highest BCUT2D eigenvalue weighted by atomic mass is 16.1. The fourth-order valence-corrected chi connectivity index (χ4v) is 2.25. The number of carbonyl (C=O) groups excluding carboxylic acids is 1. The number of nitrogens with two attached hydrogens (primary N) is 1. The molecule has 0 fully saturated rings. The lowest BCUT2D eigenvalue weighted by Crippen LogP contribution is -2.11. The molecule has 0 spiro atoms. The molecule has 3 nitrogen and oxygen atoms in total. The van der Waals surface area contributed by atoms with Gasteiger partial charge in [-0.1, -0.05) is 25.5 Å². The zero-order valence-electron chi connectivity index (χ0n) is 11.4. The Hall–Kier alpha value is -1.90. The van der Waals surface area contributed by atoms with Crippen molar-refractivity contribution in [2.75, 3.05) is 0 Å². The van der Waals surface area contributed by atoms with E-state index in [1.165, 1.54) is 23.8 Å². The number of amides is 1. The first kappa shape index (κ1) is 13.5. The summed E-state index contributed by atoms with van der Waals surface area (Å²) >= 11 is 0. The summed E-state index contributed by atoms with van der Waals surface area (Å²) < 4.78 is 0. The summed E-state index contributed by atoms with van der Waals surface area (Å²) in [7, 11) is 0. The Kier molecular flexibility index (Phi) is 4.50. The highest BCUT2D eigenvalue weighted by Crippen LogP contribution is 2.20. The van der Waals surface area contributed by atoms with E-state index in [9.17, 15) is 4.79 Å². The third-order valence-corrected chi connectivity index (χ3v) is 3.34. The summed E-state index contributed by atoms with van der Waals surface area (Å²) in [5.74, 6) is -0.277. The van der Waals surface area contributed by atoms with Crippen molar-refractivity contribution in [2.24, 2.45) is 5.73 Å². The van der Waals surface area contributed by atoms with E-state index in [1.54, 1.807) is 6.20 Å².